The zero-order chi connectivity index (χ0) is 17.7. The van der Waals surface area contributed by atoms with Crippen LogP contribution >= 0.6 is 23.2 Å². The van der Waals surface area contributed by atoms with E-state index in [2.05, 4.69) is 10.5 Å². The van der Waals surface area contributed by atoms with Crippen LogP contribution in [0, 0.1) is 0 Å². The molecule has 9 heteroatoms. The van der Waals surface area contributed by atoms with Crippen LogP contribution in [0.15, 0.2) is 34.9 Å². The highest BCUT2D eigenvalue weighted by Crippen LogP contribution is 2.26. The van der Waals surface area contributed by atoms with Gasteiger partial charge in [-0.05, 0) is 10.7 Å². The maximum Gasteiger partial charge on any atom is 0.254 e. The Balaban J connectivity index is 2.12. The molecule has 6 nitrogen and oxygen atoms in total. The predicted molar refractivity (Wildman–Crippen MR) is 86.9 cm³/mol. The van der Waals surface area contributed by atoms with Crippen LogP contribution in [0.2, 0.25) is 0 Å². The normalized spacial score (nSPS) is 13.6. The first-order chi connectivity index (χ1) is 11.5. The molecule has 0 aliphatic carbocycles. The molecule has 130 valence electrons. The van der Waals surface area contributed by atoms with Crippen LogP contribution in [0.1, 0.15) is 11.7 Å². The number of alkyl halides is 3. The second-order valence-corrected chi connectivity index (χ2v) is 5.97. The van der Waals surface area contributed by atoms with E-state index in [1.165, 1.54) is 7.11 Å². The molecule has 2 atom stereocenters. The van der Waals surface area contributed by atoms with Crippen molar-refractivity contribution in [2.45, 2.75) is 17.0 Å². The zero-order valence-corrected chi connectivity index (χ0v) is 14.1. The number of aliphatic hydroxyl groups is 1. The van der Waals surface area contributed by atoms with Gasteiger partial charge in [-0.15, -0.1) is 0 Å². The topological polar surface area (TPSA) is 84.6 Å². The van der Waals surface area contributed by atoms with Crippen LogP contribution in [0.3, 0.4) is 0 Å². The summed E-state index contributed by atoms with van der Waals surface area (Å²) in [5.41, 5.74) is 1.11. The van der Waals surface area contributed by atoms with E-state index in [0.29, 0.717) is 22.8 Å². The molecule has 0 aliphatic heterocycles. The zero-order valence-electron chi connectivity index (χ0n) is 12.6. The second-order valence-electron chi connectivity index (χ2n) is 4.87. The summed E-state index contributed by atoms with van der Waals surface area (Å²) in [6.07, 6.45) is -1.26. The number of halogens is 3. The lowest BCUT2D eigenvalue weighted by molar-refractivity contribution is -0.121. The number of nitrogens with zero attached hydrogens (tertiary/aromatic N) is 1. The van der Waals surface area contributed by atoms with Gasteiger partial charge in [-0.3, -0.25) is 4.79 Å². The van der Waals surface area contributed by atoms with Gasteiger partial charge in [-0.1, -0.05) is 47.5 Å². The molecule has 0 fully saturated rings. The van der Waals surface area contributed by atoms with Crippen LogP contribution in [0.25, 0.3) is 11.3 Å². The quantitative estimate of drug-likeness (QED) is 0.725. The van der Waals surface area contributed by atoms with Crippen LogP contribution in [-0.2, 0) is 4.79 Å². The number of methoxy groups -OCH3 is 1. The Morgan fingerprint density at radius 3 is 2.58 bits per heavy atom. The minimum Gasteiger partial charge on any atom is -0.479 e. The third kappa shape index (κ3) is 4.37. The van der Waals surface area contributed by atoms with E-state index in [4.69, 9.17) is 32.5 Å². The number of ether oxygens (including phenoxy) is 1. The number of amides is 1. The smallest absolute Gasteiger partial charge is 0.254 e. The fourth-order valence-corrected chi connectivity index (χ4v) is 2.14. The molecule has 1 amide bonds. The fourth-order valence-electron chi connectivity index (χ4n) is 2.02. The number of aliphatic hydroxyl groups excluding tert-OH is 1. The number of aromatic nitrogens is 1. The molecule has 0 saturated carbocycles. The van der Waals surface area contributed by atoms with E-state index in [1.807, 2.05) is 0 Å². The molecule has 2 unspecified atom stereocenters. The highest BCUT2D eigenvalue weighted by molar-refractivity contribution is 6.53. The SMILES string of the molecule is COc1cc(-c2ccc(C(O)C(CF)NC(=O)C(Cl)Cl)cc2)on1. The Morgan fingerprint density at radius 1 is 1.42 bits per heavy atom. The monoisotopic (exact) mass is 376 g/mol. The van der Waals surface area contributed by atoms with Gasteiger partial charge in [0.05, 0.1) is 13.2 Å². The van der Waals surface area contributed by atoms with Crippen molar-refractivity contribution in [1.82, 2.24) is 10.5 Å². The molecule has 2 rings (SSSR count). The van der Waals surface area contributed by atoms with Crippen molar-refractivity contribution in [3.05, 3.63) is 35.9 Å². The van der Waals surface area contributed by atoms with Crippen molar-refractivity contribution >= 4 is 29.1 Å². The first kappa shape index (κ1) is 18.5. The van der Waals surface area contributed by atoms with Crippen molar-refractivity contribution in [1.29, 1.82) is 0 Å². The standard InChI is InChI=1S/C15H15Cl2FN2O4/c1-23-12-6-11(24-20-12)8-2-4-9(5-3-8)13(21)10(7-18)19-15(22)14(16)17/h2-6,10,13-14,21H,7H2,1H3,(H,19,22). The Labute approximate surface area is 147 Å². The third-order valence-corrected chi connectivity index (χ3v) is 3.70. The molecule has 1 heterocycles. The summed E-state index contributed by atoms with van der Waals surface area (Å²) in [4.78, 5) is 10.1. The Kier molecular flexibility index (Phi) is 6.42. The molecule has 24 heavy (non-hydrogen) atoms. The molecule has 0 radical (unpaired) electrons. The number of carbonyl (C=O) groups is 1. The maximum absolute atomic E-state index is 13.1. The Morgan fingerprint density at radius 2 is 2.08 bits per heavy atom. The fraction of sp³-hybridized carbons (Fsp3) is 0.333. The summed E-state index contributed by atoms with van der Waals surface area (Å²) in [5, 5.41) is 16.2. The number of hydrogen-bond acceptors (Lipinski definition) is 5. The largest absolute Gasteiger partial charge is 0.479 e. The van der Waals surface area contributed by atoms with Crippen LogP contribution in [0.4, 0.5) is 4.39 Å². The lowest BCUT2D eigenvalue weighted by Crippen LogP contribution is -2.43. The van der Waals surface area contributed by atoms with E-state index in [-0.39, 0.29) is 0 Å². The molecule has 2 N–H and O–H groups in total. The lowest BCUT2D eigenvalue weighted by Gasteiger charge is -2.22. The first-order valence-corrected chi connectivity index (χ1v) is 7.77. The highest BCUT2D eigenvalue weighted by atomic mass is 35.5. The van der Waals surface area contributed by atoms with Gasteiger partial charge < -0.3 is 19.7 Å². The van der Waals surface area contributed by atoms with Crippen LogP contribution in [0.5, 0.6) is 5.88 Å². The van der Waals surface area contributed by atoms with Gasteiger partial charge in [0.25, 0.3) is 11.8 Å². The third-order valence-electron chi connectivity index (χ3n) is 3.31. The minimum absolute atomic E-state index is 0.339. The van der Waals surface area contributed by atoms with Crippen molar-refractivity contribution in [2.24, 2.45) is 0 Å². The summed E-state index contributed by atoms with van der Waals surface area (Å²) in [6.45, 7) is -0.978. The van der Waals surface area contributed by atoms with Crippen molar-refractivity contribution in [3.8, 4) is 17.2 Å². The molecular weight excluding hydrogens is 362 g/mol. The number of benzene rings is 1. The molecule has 0 spiro atoms. The van der Waals surface area contributed by atoms with E-state index in [1.54, 1.807) is 30.3 Å². The van der Waals surface area contributed by atoms with Crippen molar-refractivity contribution in [2.75, 3.05) is 13.8 Å². The molecule has 0 aliphatic rings. The number of hydrogen-bond donors (Lipinski definition) is 2. The van der Waals surface area contributed by atoms with E-state index in [9.17, 15) is 14.3 Å². The number of rotatable bonds is 7. The summed E-state index contributed by atoms with van der Waals surface area (Å²) in [6, 6.07) is 6.96. The average molecular weight is 377 g/mol. The van der Waals surface area contributed by atoms with E-state index < -0.39 is 29.6 Å². The van der Waals surface area contributed by atoms with E-state index >= 15 is 0 Å². The van der Waals surface area contributed by atoms with Crippen LogP contribution < -0.4 is 10.1 Å². The van der Waals surface area contributed by atoms with Gasteiger partial charge in [-0.2, -0.15) is 0 Å². The van der Waals surface area contributed by atoms with Gasteiger partial charge in [0.2, 0.25) is 0 Å². The molecular formula is C15H15Cl2FN2O4. The Bertz CT molecular complexity index is 678. The van der Waals surface area contributed by atoms with Crippen molar-refractivity contribution in [3.63, 3.8) is 0 Å². The summed E-state index contributed by atoms with van der Waals surface area (Å²) >= 11 is 10.8. The van der Waals surface area contributed by atoms with Gasteiger partial charge in [0.1, 0.15) is 12.8 Å². The Hall–Kier alpha value is -1.83. The number of carbonyl (C=O) groups excluding carboxylic acids is 1. The molecule has 2 aromatic rings. The van der Waals surface area contributed by atoms with Crippen LogP contribution in [-0.4, -0.2) is 40.8 Å². The summed E-state index contributed by atoms with van der Waals surface area (Å²) < 4.78 is 23.1. The molecule has 1 aromatic heterocycles. The van der Waals surface area contributed by atoms with Gasteiger partial charge in [0, 0.05) is 11.6 Å². The predicted octanol–water partition coefficient (Wildman–Crippen LogP) is 2.64. The van der Waals surface area contributed by atoms with Gasteiger partial charge in [-0.25, -0.2) is 4.39 Å². The average Bonchev–Trinajstić information content (AvgIpc) is 3.08. The maximum atomic E-state index is 13.1. The first-order valence-electron chi connectivity index (χ1n) is 6.90. The highest BCUT2D eigenvalue weighted by Gasteiger charge is 2.25. The van der Waals surface area contributed by atoms with Gasteiger partial charge in [0.15, 0.2) is 10.6 Å². The molecule has 0 saturated heterocycles. The second kappa shape index (κ2) is 8.32. The van der Waals surface area contributed by atoms with Crippen molar-refractivity contribution < 1.29 is 23.6 Å². The minimum atomic E-state index is -1.34. The summed E-state index contributed by atoms with van der Waals surface area (Å²) in [7, 11) is 1.47. The van der Waals surface area contributed by atoms with Gasteiger partial charge >= 0.3 is 0 Å². The molecule has 1 aromatic carbocycles. The summed E-state index contributed by atoms with van der Waals surface area (Å²) in [5.74, 6) is 0.0479. The number of nitrogens with one attached hydrogen (secondary N) is 1. The van der Waals surface area contributed by atoms with E-state index in [0.717, 1.165) is 0 Å². The molecule has 0 bridgehead atoms. The lowest BCUT2D eigenvalue weighted by atomic mass is 10.0.